The summed E-state index contributed by atoms with van der Waals surface area (Å²) in [6.45, 7) is 2.52. The lowest BCUT2D eigenvalue weighted by Gasteiger charge is -2.39. The van der Waals surface area contributed by atoms with Gasteiger partial charge >= 0.3 is 0 Å². The molecule has 0 saturated carbocycles. The van der Waals surface area contributed by atoms with Crippen LogP contribution in [-0.2, 0) is 4.79 Å². The first-order valence-corrected chi connectivity index (χ1v) is 8.03. The molecule has 0 bridgehead atoms. The van der Waals surface area contributed by atoms with Crippen molar-refractivity contribution in [2.24, 2.45) is 0 Å². The Bertz CT molecular complexity index is 774. The molecule has 5 nitrogen and oxygen atoms in total. The Labute approximate surface area is 145 Å². The van der Waals surface area contributed by atoms with E-state index in [-0.39, 0.29) is 11.8 Å². The smallest absolute Gasteiger partial charge is 0.254 e. The molecule has 0 spiro atoms. The van der Waals surface area contributed by atoms with E-state index in [1.807, 2.05) is 12.1 Å². The first-order chi connectivity index (χ1) is 12.0. The van der Waals surface area contributed by atoms with Gasteiger partial charge in [-0.1, -0.05) is 0 Å². The maximum absolute atomic E-state index is 13.0. The lowest BCUT2D eigenvalue weighted by Crippen LogP contribution is -2.57. The molecule has 2 aromatic carbocycles. The maximum Gasteiger partial charge on any atom is 0.254 e. The fraction of sp³-hybridized carbons (Fsp3) is 0.263. The quantitative estimate of drug-likeness (QED) is 0.862. The number of halogens is 1. The highest BCUT2D eigenvalue weighted by atomic mass is 19.1. The molecule has 1 atom stereocenters. The van der Waals surface area contributed by atoms with Crippen LogP contribution in [0.25, 0.3) is 0 Å². The van der Waals surface area contributed by atoms with Gasteiger partial charge in [-0.05, 0) is 55.5 Å². The molecule has 0 aliphatic carbocycles. The van der Waals surface area contributed by atoms with Crippen LogP contribution in [0.3, 0.4) is 0 Å². The second-order valence-corrected chi connectivity index (χ2v) is 5.87. The Morgan fingerprint density at radius 3 is 2.32 bits per heavy atom. The summed E-state index contributed by atoms with van der Waals surface area (Å²) in [5.74, 6) is -0.0959. The van der Waals surface area contributed by atoms with Gasteiger partial charge in [0.2, 0.25) is 5.91 Å². The number of anilines is 1. The topological polar surface area (TPSA) is 49.9 Å². The van der Waals surface area contributed by atoms with E-state index in [9.17, 15) is 14.0 Å². The summed E-state index contributed by atoms with van der Waals surface area (Å²) >= 11 is 0. The summed E-state index contributed by atoms with van der Waals surface area (Å²) in [5.41, 5.74) is 1.14. The molecule has 1 fully saturated rings. The van der Waals surface area contributed by atoms with Crippen molar-refractivity contribution in [1.82, 2.24) is 4.90 Å². The summed E-state index contributed by atoms with van der Waals surface area (Å²) in [7, 11) is 1.59. The predicted molar refractivity (Wildman–Crippen MR) is 92.2 cm³/mol. The molecule has 2 aromatic rings. The zero-order valence-electron chi connectivity index (χ0n) is 14.1. The van der Waals surface area contributed by atoms with E-state index >= 15 is 0 Å². The first-order valence-electron chi connectivity index (χ1n) is 8.03. The SMILES string of the molecule is COc1ccc(N2CCN(C(=O)c3ccc(F)cc3)[C@H](C)C2=O)cc1. The minimum atomic E-state index is -0.589. The molecule has 130 valence electrons. The molecule has 0 N–H and O–H groups in total. The van der Waals surface area contributed by atoms with Crippen molar-refractivity contribution in [1.29, 1.82) is 0 Å². The van der Waals surface area contributed by atoms with E-state index in [4.69, 9.17) is 4.74 Å². The van der Waals surface area contributed by atoms with Crippen molar-refractivity contribution >= 4 is 17.5 Å². The lowest BCUT2D eigenvalue weighted by molar-refractivity contribution is -0.124. The summed E-state index contributed by atoms with van der Waals surface area (Å²) in [4.78, 5) is 28.5. The first kappa shape index (κ1) is 17.0. The van der Waals surface area contributed by atoms with Crippen LogP contribution < -0.4 is 9.64 Å². The molecule has 1 heterocycles. The van der Waals surface area contributed by atoms with Gasteiger partial charge in [0.05, 0.1) is 7.11 Å². The van der Waals surface area contributed by atoms with Crippen molar-refractivity contribution < 1.29 is 18.7 Å². The van der Waals surface area contributed by atoms with Gasteiger partial charge in [-0.25, -0.2) is 4.39 Å². The fourth-order valence-electron chi connectivity index (χ4n) is 2.92. The molecule has 0 radical (unpaired) electrons. The zero-order chi connectivity index (χ0) is 18.0. The Kier molecular flexibility index (Phi) is 4.70. The van der Waals surface area contributed by atoms with Gasteiger partial charge in [-0.2, -0.15) is 0 Å². The number of benzene rings is 2. The Morgan fingerprint density at radius 1 is 1.08 bits per heavy atom. The van der Waals surface area contributed by atoms with Crippen LogP contribution in [0.15, 0.2) is 48.5 Å². The summed E-state index contributed by atoms with van der Waals surface area (Å²) in [6, 6.07) is 12.0. The van der Waals surface area contributed by atoms with E-state index in [0.29, 0.717) is 18.7 Å². The van der Waals surface area contributed by atoms with Crippen molar-refractivity contribution in [2.45, 2.75) is 13.0 Å². The minimum Gasteiger partial charge on any atom is -0.497 e. The third-order valence-electron chi connectivity index (χ3n) is 4.39. The van der Waals surface area contributed by atoms with E-state index in [2.05, 4.69) is 0 Å². The fourth-order valence-corrected chi connectivity index (χ4v) is 2.92. The summed E-state index contributed by atoms with van der Waals surface area (Å²) in [5, 5.41) is 0. The van der Waals surface area contributed by atoms with Gasteiger partial charge in [-0.3, -0.25) is 9.59 Å². The number of carbonyl (C=O) groups excluding carboxylic acids is 2. The zero-order valence-corrected chi connectivity index (χ0v) is 14.1. The van der Waals surface area contributed by atoms with Crippen LogP contribution >= 0.6 is 0 Å². The van der Waals surface area contributed by atoms with Gasteiger partial charge in [0.1, 0.15) is 17.6 Å². The molecule has 1 saturated heterocycles. The Balaban J connectivity index is 1.76. The van der Waals surface area contributed by atoms with Crippen LogP contribution in [0.4, 0.5) is 10.1 Å². The van der Waals surface area contributed by atoms with Gasteiger partial charge in [0.15, 0.2) is 0 Å². The number of hydrogen-bond donors (Lipinski definition) is 0. The Hall–Kier alpha value is -2.89. The number of methoxy groups -OCH3 is 1. The van der Waals surface area contributed by atoms with Crippen LogP contribution in [0.2, 0.25) is 0 Å². The molecule has 0 unspecified atom stereocenters. The van der Waals surface area contributed by atoms with Crippen LogP contribution in [0.5, 0.6) is 5.75 Å². The largest absolute Gasteiger partial charge is 0.497 e. The number of ether oxygens (including phenoxy) is 1. The van der Waals surface area contributed by atoms with Crippen molar-refractivity contribution in [3.63, 3.8) is 0 Å². The molecule has 1 aliphatic rings. The van der Waals surface area contributed by atoms with Crippen LogP contribution in [-0.4, -0.2) is 43.0 Å². The molecular formula is C19H19FN2O3. The van der Waals surface area contributed by atoms with Gasteiger partial charge in [-0.15, -0.1) is 0 Å². The Morgan fingerprint density at radius 2 is 1.72 bits per heavy atom. The number of hydrogen-bond acceptors (Lipinski definition) is 3. The standard InChI is InChI=1S/C19H19FN2O3/c1-13-18(23)22(16-7-9-17(25-2)10-8-16)12-11-21(13)19(24)14-3-5-15(20)6-4-14/h3-10,13H,11-12H2,1-2H3/t13-/m1/s1. The average molecular weight is 342 g/mol. The monoisotopic (exact) mass is 342 g/mol. The highest BCUT2D eigenvalue weighted by Crippen LogP contribution is 2.24. The van der Waals surface area contributed by atoms with Gasteiger partial charge < -0.3 is 14.5 Å². The predicted octanol–water partition coefficient (Wildman–Crippen LogP) is 2.71. The number of rotatable bonds is 3. The van der Waals surface area contributed by atoms with E-state index in [1.165, 1.54) is 29.2 Å². The number of amides is 2. The average Bonchev–Trinajstić information content (AvgIpc) is 2.64. The van der Waals surface area contributed by atoms with Crippen molar-refractivity contribution in [3.05, 3.63) is 59.9 Å². The third kappa shape index (κ3) is 3.33. The maximum atomic E-state index is 13.0. The molecule has 1 aliphatic heterocycles. The van der Waals surface area contributed by atoms with E-state index in [0.717, 1.165) is 11.4 Å². The molecule has 0 aromatic heterocycles. The van der Waals surface area contributed by atoms with Crippen LogP contribution in [0.1, 0.15) is 17.3 Å². The van der Waals surface area contributed by atoms with Crippen molar-refractivity contribution in [3.8, 4) is 5.75 Å². The normalized spacial score (nSPS) is 17.6. The van der Waals surface area contributed by atoms with E-state index < -0.39 is 11.9 Å². The highest BCUT2D eigenvalue weighted by Gasteiger charge is 2.35. The molecule has 6 heteroatoms. The second kappa shape index (κ2) is 6.93. The summed E-state index contributed by atoms with van der Waals surface area (Å²) in [6.07, 6.45) is 0. The summed E-state index contributed by atoms with van der Waals surface area (Å²) < 4.78 is 18.2. The second-order valence-electron chi connectivity index (χ2n) is 5.87. The third-order valence-corrected chi connectivity index (χ3v) is 4.39. The van der Waals surface area contributed by atoms with Crippen LogP contribution in [0, 0.1) is 5.82 Å². The minimum absolute atomic E-state index is 0.146. The van der Waals surface area contributed by atoms with E-state index in [1.54, 1.807) is 31.1 Å². The molecule has 3 rings (SSSR count). The highest BCUT2D eigenvalue weighted by molar-refractivity contribution is 6.03. The molecular weight excluding hydrogens is 323 g/mol. The number of nitrogens with zero attached hydrogens (tertiary/aromatic N) is 2. The van der Waals surface area contributed by atoms with Gasteiger partial charge in [0, 0.05) is 24.3 Å². The van der Waals surface area contributed by atoms with Gasteiger partial charge in [0.25, 0.3) is 5.91 Å². The lowest BCUT2D eigenvalue weighted by atomic mass is 10.1. The van der Waals surface area contributed by atoms with Crippen molar-refractivity contribution in [2.75, 3.05) is 25.1 Å². The molecule has 25 heavy (non-hydrogen) atoms. The number of piperazine rings is 1. The number of carbonyl (C=O) groups is 2. The molecule has 2 amide bonds.